The monoisotopic (exact) mass is 337 g/mol. The Labute approximate surface area is 120 Å². The molecule has 0 aliphatic heterocycles. The first kappa shape index (κ1) is 15.3. The molecule has 0 spiro atoms. The second-order valence-corrected chi connectivity index (χ2v) is 6.37. The molecular weight excluding hydrogens is 331 g/mol. The van der Waals surface area contributed by atoms with Gasteiger partial charge in [-0.2, -0.15) is 0 Å². The van der Waals surface area contributed by atoms with Crippen LogP contribution in [0.25, 0.3) is 0 Å². The molecule has 0 aliphatic rings. The van der Waals surface area contributed by atoms with Crippen molar-refractivity contribution >= 4 is 33.0 Å². The van der Waals surface area contributed by atoms with Crippen LogP contribution in [0, 0.1) is 17.5 Å². The number of carbonyl (C=O) groups is 1. The lowest BCUT2D eigenvalue weighted by atomic mass is 10.3. The van der Waals surface area contributed by atoms with Gasteiger partial charge in [-0.1, -0.05) is 0 Å². The van der Waals surface area contributed by atoms with Crippen molar-refractivity contribution in [3.8, 4) is 0 Å². The maximum Gasteiger partial charge on any atom is 0.345 e. The summed E-state index contributed by atoms with van der Waals surface area (Å²) < 4.78 is 64.7. The SMILES string of the molecule is O=C(O)c1cc(S(=O)(=O)Nc2ccc(F)c(F)c2F)cs1. The quantitative estimate of drug-likeness (QED) is 0.840. The summed E-state index contributed by atoms with van der Waals surface area (Å²) in [4.78, 5) is 10.0. The summed E-state index contributed by atoms with van der Waals surface area (Å²) in [5, 5.41) is 9.74. The Hall–Kier alpha value is -2.07. The van der Waals surface area contributed by atoms with Crippen LogP contribution in [-0.4, -0.2) is 19.5 Å². The highest BCUT2D eigenvalue weighted by atomic mass is 32.2. The molecule has 0 amide bonds. The van der Waals surface area contributed by atoms with Gasteiger partial charge in [-0.15, -0.1) is 11.3 Å². The number of hydrogen-bond acceptors (Lipinski definition) is 4. The second-order valence-electron chi connectivity index (χ2n) is 3.78. The topological polar surface area (TPSA) is 83.5 Å². The lowest BCUT2D eigenvalue weighted by Crippen LogP contribution is -2.14. The molecule has 2 N–H and O–H groups in total. The Kier molecular flexibility index (Phi) is 3.92. The number of nitrogens with one attached hydrogen (secondary N) is 1. The molecule has 1 aromatic heterocycles. The van der Waals surface area contributed by atoms with Gasteiger partial charge in [-0.05, 0) is 18.2 Å². The zero-order valence-electron chi connectivity index (χ0n) is 9.93. The number of thiophene rings is 1. The van der Waals surface area contributed by atoms with Crippen LogP contribution in [0.4, 0.5) is 18.9 Å². The van der Waals surface area contributed by atoms with Crippen LogP contribution >= 0.6 is 11.3 Å². The van der Waals surface area contributed by atoms with E-state index in [0.717, 1.165) is 17.5 Å². The third-order valence-electron chi connectivity index (χ3n) is 2.38. The standard InChI is InChI=1S/C11H6F3NO4S2/c12-6-1-2-7(10(14)9(6)13)15-21(18,19)5-3-8(11(16)17)20-4-5/h1-4,15H,(H,16,17). The fraction of sp³-hybridized carbons (Fsp3) is 0. The van der Waals surface area contributed by atoms with E-state index in [-0.39, 0.29) is 4.88 Å². The number of anilines is 1. The highest BCUT2D eigenvalue weighted by molar-refractivity contribution is 7.92. The van der Waals surface area contributed by atoms with Gasteiger partial charge in [0.15, 0.2) is 17.5 Å². The summed E-state index contributed by atoms with van der Waals surface area (Å²) in [5.41, 5.74) is -0.781. The van der Waals surface area contributed by atoms with Crippen molar-refractivity contribution in [3.05, 3.63) is 45.9 Å². The summed E-state index contributed by atoms with van der Waals surface area (Å²) in [6, 6.07) is 2.15. The molecule has 10 heteroatoms. The molecule has 0 saturated carbocycles. The van der Waals surface area contributed by atoms with Crippen LogP contribution in [-0.2, 0) is 10.0 Å². The van der Waals surface area contributed by atoms with Crippen LogP contribution in [0.1, 0.15) is 9.67 Å². The van der Waals surface area contributed by atoms with E-state index >= 15 is 0 Å². The molecular formula is C11H6F3NO4S2. The van der Waals surface area contributed by atoms with Crippen LogP contribution < -0.4 is 4.72 Å². The van der Waals surface area contributed by atoms with Crippen molar-refractivity contribution in [2.24, 2.45) is 0 Å². The molecule has 0 bridgehead atoms. The Morgan fingerprint density at radius 1 is 1.19 bits per heavy atom. The first-order valence-electron chi connectivity index (χ1n) is 5.20. The predicted octanol–water partition coefficient (Wildman–Crippen LogP) is 2.66. The first-order chi connectivity index (χ1) is 9.72. The molecule has 2 aromatic rings. The van der Waals surface area contributed by atoms with Gasteiger partial charge in [-0.3, -0.25) is 4.72 Å². The molecule has 0 unspecified atom stereocenters. The molecule has 0 fully saturated rings. The van der Waals surface area contributed by atoms with Gasteiger partial charge in [0, 0.05) is 5.38 Å². The highest BCUT2D eigenvalue weighted by Crippen LogP contribution is 2.25. The average molecular weight is 337 g/mol. The molecule has 2 rings (SSSR count). The molecule has 0 atom stereocenters. The molecule has 1 heterocycles. The minimum Gasteiger partial charge on any atom is -0.477 e. The maximum atomic E-state index is 13.4. The van der Waals surface area contributed by atoms with Gasteiger partial charge in [0.1, 0.15) is 4.88 Å². The first-order valence-corrected chi connectivity index (χ1v) is 7.57. The number of carboxylic acid groups (broad SMARTS) is 1. The summed E-state index contributed by atoms with van der Waals surface area (Å²) in [5.74, 6) is -6.28. The lowest BCUT2D eigenvalue weighted by molar-refractivity contribution is 0.0702. The van der Waals surface area contributed by atoms with E-state index in [1.807, 2.05) is 0 Å². The third-order valence-corrected chi connectivity index (χ3v) is 4.79. The Balaban J connectivity index is 2.37. The fourth-order valence-corrected chi connectivity index (χ4v) is 3.55. The van der Waals surface area contributed by atoms with Crippen molar-refractivity contribution in [1.82, 2.24) is 0 Å². The number of sulfonamides is 1. The minimum absolute atomic E-state index is 0.235. The zero-order chi connectivity index (χ0) is 15.8. The van der Waals surface area contributed by atoms with Crippen molar-refractivity contribution in [1.29, 1.82) is 0 Å². The highest BCUT2D eigenvalue weighted by Gasteiger charge is 2.22. The normalized spacial score (nSPS) is 11.4. The Morgan fingerprint density at radius 2 is 1.86 bits per heavy atom. The largest absolute Gasteiger partial charge is 0.477 e. The average Bonchev–Trinajstić information content (AvgIpc) is 2.90. The molecule has 5 nitrogen and oxygen atoms in total. The van der Waals surface area contributed by atoms with Crippen molar-refractivity contribution in [2.75, 3.05) is 4.72 Å². The van der Waals surface area contributed by atoms with Crippen molar-refractivity contribution in [3.63, 3.8) is 0 Å². The van der Waals surface area contributed by atoms with E-state index in [9.17, 15) is 26.4 Å². The second kappa shape index (κ2) is 5.37. The van der Waals surface area contributed by atoms with E-state index < -0.39 is 44.0 Å². The minimum atomic E-state index is -4.31. The zero-order valence-corrected chi connectivity index (χ0v) is 11.6. The summed E-state index contributed by atoms with van der Waals surface area (Å²) in [7, 11) is -4.31. The molecule has 1 aromatic carbocycles. The van der Waals surface area contributed by atoms with Crippen molar-refractivity contribution < 1.29 is 31.5 Å². The van der Waals surface area contributed by atoms with Gasteiger partial charge >= 0.3 is 5.97 Å². The number of benzene rings is 1. The number of rotatable bonds is 4. The summed E-state index contributed by atoms with van der Waals surface area (Å²) >= 11 is 0.658. The van der Waals surface area contributed by atoms with Gasteiger partial charge in [0.05, 0.1) is 10.6 Å². The molecule has 21 heavy (non-hydrogen) atoms. The molecule has 0 aliphatic carbocycles. The van der Waals surface area contributed by atoms with E-state index in [2.05, 4.69) is 0 Å². The van der Waals surface area contributed by atoms with Crippen LogP contribution in [0.15, 0.2) is 28.5 Å². The third kappa shape index (κ3) is 3.00. The number of halogens is 3. The molecule has 112 valence electrons. The van der Waals surface area contributed by atoms with E-state index in [1.54, 1.807) is 4.72 Å². The number of aromatic carboxylic acids is 1. The fourth-order valence-electron chi connectivity index (χ4n) is 1.38. The van der Waals surface area contributed by atoms with Crippen LogP contribution in [0.5, 0.6) is 0 Å². The number of carboxylic acids is 1. The van der Waals surface area contributed by atoms with Gasteiger partial charge in [0.2, 0.25) is 0 Å². The smallest absolute Gasteiger partial charge is 0.345 e. The van der Waals surface area contributed by atoms with Crippen LogP contribution in [0.2, 0.25) is 0 Å². The van der Waals surface area contributed by atoms with E-state index in [1.165, 1.54) is 0 Å². The molecule has 0 radical (unpaired) electrons. The predicted molar refractivity (Wildman–Crippen MR) is 68.4 cm³/mol. The van der Waals surface area contributed by atoms with Gasteiger partial charge in [-0.25, -0.2) is 26.4 Å². The van der Waals surface area contributed by atoms with Gasteiger partial charge in [0.25, 0.3) is 10.0 Å². The van der Waals surface area contributed by atoms with Gasteiger partial charge < -0.3 is 5.11 Å². The lowest BCUT2D eigenvalue weighted by Gasteiger charge is -2.08. The Bertz CT molecular complexity index is 817. The van der Waals surface area contributed by atoms with E-state index in [0.29, 0.717) is 17.4 Å². The van der Waals surface area contributed by atoms with E-state index in [4.69, 9.17) is 5.11 Å². The maximum absolute atomic E-state index is 13.4. The Morgan fingerprint density at radius 3 is 2.43 bits per heavy atom. The van der Waals surface area contributed by atoms with Crippen LogP contribution in [0.3, 0.4) is 0 Å². The molecule has 0 saturated heterocycles. The summed E-state index contributed by atoms with van der Waals surface area (Å²) in [6.45, 7) is 0. The van der Waals surface area contributed by atoms with Crippen molar-refractivity contribution in [2.45, 2.75) is 4.90 Å². The number of hydrogen-bond donors (Lipinski definition) is 2. The summed E-state index contributed by atoms with van der Waals surface area (Å²) in [6.07, 6.45) is 0.